The Bertz CT molecular complexity index is 833. The van der Waals surface area contributed by atoms with Crippen molar-refractivity contribution in [3.8, 4) is 0 Å². The predicted octanol–water partition coefficient (Wildman–Crippen LogP) is 2.51. The molecule has 0 radical (unpaired) electrons. The first kappa shape index (κ1) is 28.3. The quantitative estimate of drug-likeness (QED) is 0.267. The van der Waals surface area contributed by atoms with Gasteiger partial charge in [-0.1, -0.05) is 49.8 Å². The number of hydrogen-bond donors (Lipinski definition) is 3. The number of amides is 3. The second-order valence-corrected chi connectivity index (χ2v) is 7.28. The minimum Gasteiger partial charge on any atom is -0.426 e. The number of imide groups is 1. The van der Waals surface area contributed by atoms with Crippen LogP contribution < -0.4 is 5.32 Å². The highest BCUT2D eigenvalue weighted by Gasteiger charge is 2.43. The average Bonchev–Trinajstić information content (AvgIpc) is 3.07. The van der Waals surface area contributed by atoms with Gasteiger partial charge in [-0.25, -0.2) is 0 Å². The molecule has 0 spiro atoms. The van der Waals surface area contributed by atoms with E-state index in [1.54, 1.807) is 12.1 Å². The summed E-state index contributed by atoms with van der Waals surface area (Å²) in [6.07, 6.45) is 7.49. The van der Waals surface area contributed by atoms with E-state index in [9.17, 15) is 24.4 Å². The maximum absolute atomic E-state index is 13.0. The molecule has 1 aliphatic rings. The largest absolute Gasteiger partial charge is 0.475 e. The minimum absolute atomic E-state index is 0.213. The summed E-state index contributed by atoms with van der Waals surface area (Å²) in [5.74, 6) is -2.80. The number of carbonyl (C=O) groups excluding carboxylic acids is 3. The lowest BCUT2D eigenvalue weighted by atomic mass is 9.76. The van der Waals surface area contributed by atoms with Crippen molar-refractivity contribution in [2.75, 3.05) is 13.7 Å². The zero-order chi connectivity index (χ0) is 25.0. The fourth-order valence-corrected chi connectivity index (χ4v) is 3.56. The molecule has 2 rings (SSSR count). The standard InChI is InChI=1S/C22H29BN2O6.C2H6/c1-4-9-15(5-2)10-8-13-19(23(29)30)24-20(26)18(14-31-3)25-21(27)16-11-6-7-12-17(16)22(25)28;1-2/h4-7,9,11-12,18-19,29-30H,8,10,13-14H2,1-3H3,(H,24,26);1-2H3/b9-4-,15-5+;. The van der Waals surface area contributed by atoms with Crippen molar-refractivity contribution in [2.45, 2.75) is 58.9 Å². The highest BCUT2D eigenvalue weighted by atomic mass is 16.5. The number of ether oxygens (including phenoxy) is 1. The molecule has 0 aromatic heterocycles. The molecule has 0 fully saturated rings. The molecule has 3 amide bonds. The van der Waals surface area contributed by atoms with Crippen LogP contribution >= 0.6 is 0 Å². The SMILES string of the molecule is C/C=C\C(=C/C)CCCC(NC(=O)C(COC)N1C(=O)c2ccccc2C1=O)B(O)O.CC. The lowest BCUT2D eigenvalue weighted by Crippen LogP contribution is -2.56. The van der Waals surface area contributed by atoms with Gasteiger partial charge >= 0.3 is 7.12 Å². The van der Waals surface area contributed by atoms with Gasteiger partial charge in [0.1, 0.15) is 6.04 Å². The van der Waals surface area contributed by atoms with Crippen molar-refractivity contribution < 1.29 is 29.2 Å². The van der Waals surface area contributed by atoms with Crippen molar-refractivity contribution >= 4 is 24.8 Å². The maximum Gasteiger partial charge on any atom is 0.475 e. The Morgan fingerprint density at radius 1 is 1.15 bits per heavy atom. The summed E-state index contributed by atoms with van der Waals surface area (Å²) in [5, 5.41) is 22.1. The number of benzene rings is 1. The predicted molar refractivity (Wildman–Crippen MR) is 128 cm³/mol. The molecule has 1 aromatic carbocycles. The second-order valence-electron chi connectivity index (χ2n) is 7.28. The summed E-state index contributed by atoms with van der Waals surface area (Å²) in [6.45, 7) is 7.63. The van der Waals surface area contributed by atoms with Crippen LogP contribution in [0.5, 0.6) is 0 Å². The van der Waals surface area contributed by atoms with Crippen LogP contribution in [0.3, 0.4) is 0 Å². The topological polar surface area (TPSA) is 116 Å². The third kappa shape index (κ3) is 7.38. The summed E-state index contributed by atoms with van der Waals surface area (Å²) in [6, 6.07) is 5.11. The van der Waals surface area contributed by atoms with E-state index in [2.05, 4.69) is 5.32 Å². The molecular formula is C24H35BN2O6. The van der Waals surface area contributed by atoms with E-state index in [0.29, 0.717) is 19.3 Å². The molecule has 180 valence electrons. The van der Waals surface area contributed by atoms with Crippen molar-refractivity contribution in [3.63, 3.8) is 0 Å². The first-order chi connectivity index (χ1) is 15.8. The van der Waals surface area contributed by atoms with Crippen LogP contribution in [0, 0.1) is 0 Å². The van der Waals surface area contributed by atoms with E-state index in [0.717, 1.165) is 10.5 Å². The average molecular weight is 458 g/mol. The monoisotopic (exact) mass is 458 g/mol. The van der Waals surface area contributed by atoms with Gasteiger partial charge < -0.3 is 20.1 Å². The van der Waals surface area contributed by atoms with Crippen LogP contribution in [0.4, 0.5) is 0 Å². The van der Waals surface area contributed by atoms with Crippen molar-refractivity contribution in [1.82, 2.24) is 10.2 Å². The molecule has 0 bridgehead atoms. The summed E-state index contributed by atoms with van der Waals surface area (Å²) in [7, 11) is -0.429. The third-order valence-electron chi connectivity index (χ3n) is 5.18. The first-order valence-corrected chi connectivity index (χ1v) is 11.3. The summed E-state index contributed by atoms with van der Waals surface area (Å²) in [5.41, 5.74) is 1.55. The van der Waals surface area contributed by atoms with Gasteiger partial charge in [0.05, 0.1) is 23.7 Å². The van der Waals surface area contributed by atoms with Gasteiger partial charge in [-0.05, 0) is 45.2 Å². The molecule has 1 heterocycles. The number of hydrogen-bond acceptors (Lipinski definition) is 6. The Kier molecular flexibility index (Phi) is 12.4. The van der Waals surface area contributed by atoms with Gasteiger partial charge in [-0.3, -0.25) is 19.3 Å². The van der Waals surface area contributed by atoms with Crippen molar-refractivity contribution in [2.24, 2.45) is 0 Å². The second kappa shape index (κ2) is 14.4. The molecule has 0 saturated carbocycles. The van der Waals surface area contributed by atoms with E-state index in [-0.39, 0.29) is 17.7 Å². The lowest BCUT2D eigenvalue weighted by Gasteiger charge is -2.27. The van der Waals surface area contributed by atoms with Gasteiger partial charge in [-0.2, -0.15) is 0 Å². The molecule has 1 aromatic rings. The molecule has 2 unspecified atom stereocenters. The maximum atomic E-state index is 13.0. The van der Waals surface area contributed by atoms with E-state index in [1.165, 1.54) is 19.2 Å². The number of fused-ring (bicyclic) bond motifs is 1. The van der Waals surface area contributed by atoms with Crippen LogP contribution in [-0.4, -0.2) is 65.5 Å². The summed E-state index contributed by atoms with van der Waals surface area (Å²) in [4.78, 5) is 39.3. The Morgan fingerprint density at radius 2 is 1.73 bits per heavy atom. The molecule has 0 aliphatic carbocycles. The zero-order valence-electron chi connectivity index (χ0n) is 20.1. The van der Waals surface area contributed by atoms with Crippen LogP contribution in [0.1, 0.15) is 67.7 Å². The Morgan fingerprint density at radius 3 is 2.18 bits per heavy atom. The lowest BCUT2D eigenvalue weighted by molar-refractivity contribution is -0.127. The molecule has 1 aliphatic heterocycles. The fraction of sp³-hybridized carbons (Fsp3) is 0.458. The van der Waals surface area contributed by atoms with Gasteiger partial charge in [0, 0.05) is 7.11 Å². The van der Waals surface area contributed by atoms with Crippen molar-refractivity contribution in [1.29, 1.82) is 0 Å². The highest BCUT2D eigenvalue weighted by Crippen LogP contribution is 2.25. The van der Waals surface area contributed by atoms with Crippen LogP contribution in [0.2, 0.25) is 0 Å². The van der Waals surface area contributed by atoms with E-state index >= 15 is 0 Å². The zero-order valence-corrected chi connectivity index (χ0v) is 20.1. The van der Waals surface area contributed by atoms with E-state index < -0.39 is 36.8 Å². The van der Waals surface area contributed by atoms with Crippen LogP contribution in [0.25, 0.3) is 0 Å². The number of nitrogens with zero attached hydrogens (tertiary/aromatic N) is 1. The normalized spacial score (nSPS) is 15.1. The van der Waals surface area contributed by atoms with Crippen LogP contribution in [0.15, 0.2) is 48.1 Å². The smallest absolute Gasteiger partial charge is 0.426 e. The molecule has 0 saturated heterocycles. The fourth-order valence-electron chi connectivity index (χ4n) is 3.56. The molecule has 8 nitrogen and oxygen atoms in total. The van der Waals surface area contributed by atoms with Gasteiger partial charge in [-0.15, -0.1) is 0 Å². The summed E-state index contributed by atoms with van der Waals surface area (Å²) >= 11 is 0. The number of carbonyl (C=O) groups is 3. The summed E-state index contributed by atoms with van der Waals surface area (Å²) < 4.78 is 5.08. The van der Waals surface area contributed by atoms with E-state index in [1.807, 2.05) is 45.9 Å². The van der Waals surface area contributed by atoms with E-state index in [4.69, 9.17) is 4.74 Å². The Hall–Kier alpha value is -2.75. The number of nitrogens with one attached hydrogen (secondary N) is 1. The molecule has 33 heavy (non-hydrogen) atoms. The minimum atomic E-state index is -1.79. The first-order valence-electron chi connectivity index (χ1n) is 11.3. The molecule has 3 N–H and O–H groups in total. The third-order valence-corrected chi connectivity index (χ3v) is 5.18. The van der Waals surface area contributed by atoms with Gasteiger partial charge in [0.2, 0.25) is 5.91 Å². The van der Waals surface area contributed by atoms with Crippen molar-refractivity contribution in [3.05, 3.63) is 59.2 Å². The molecular weight excluding hydrogens is 423 g/mol. The number of allylic oxidation sites excluding steroid dienone is 4. The Labute approximate surface area is 196 Å². The van der Waals surface area contributed by atoms with Gasteiger partial charge in [0.25, 0.3) is 11.8 Å². The Balaban J connectivity index is 0.00000265. The van der Waals surface area contributed by atoms with Crippen LogP contribution in [-0.2, 0) is 9.53 Å². The molecule has 9 heteroatoms. The number of rotatable bonds is 11. The highest BCUT2D eigenvalue weighted by molar-refractivity contribution is 6.43. The number of methoxy groups -OCH3 is 1. The van der Waals surface area contributed by atoms with Gasteiger partial charge in [0.15, 0.2) is 0 Å². The molecule has 2 atom stereocenters.